The molecule has 8 nitrogen and oxygen atoms in total. The normalized spacial score (nSPS) is 26.6. The molecule has 0 radical (unpaired) electrons. The van der Waals surface area contributed by atoms with Gasteiger partial charge in [-0.1, -0.05) is 12.8 Å². The highest BCUT2D eigenvalue weighted by molar-refractivity contribution is 5.82. The van der Waals surface area contributed by atoms with Crippen molar-refractivity contribution in [2.75, 3.05) is 53.0 Å². The summed E-state index contributed by atoms with van der Waals surface area (Å²) in [7, 11) is 1.05. The monoisotopic (exact) mass is 600 g/mol. The summed E-state index contributed by atoms with van der Waals surface area (Å²) in [6, 6.07) is 0.496. The minimum atomic E-state index is -5.08. The highest BCUT2D eigenvalue weighted by Crippen LogP contribution is 2.49. The number of halogens is 5. The quantitative estimate of drug-likeness (QED) is 0.482. The molecule has 1 aromatic rings. The Hall–Kier alpha value is -2.96. The number of hydrogen-bond donors (Lipinski definition) is 0. The van der Waals surface area contributed by atoms with E-state index >= 15 is 4.39 Å². The summed E-state index contributed by atoms with van der Waals surface area (Å²) in [4.78, 5) is 44.1. The Morgan fingerprint density at radius 2 is 1.83 bits per heavy atom. The van der Waals surface area contributed by atoms with Crippen molar-refractivity contribution < 1.29 is 41.1 Å². The molecule has 3 heterocycles. The number of morpholine rings is 1. The van der Waals surface area contributed by atoms with Crippen LogP contribution in [0.5, 0.6) is 0 Å². The summed E-state index contributed by atoms with van der Waals surface area (Å²) >= 11 is 0. The number of likely N-dealkylation sites (tertiary alicyclic amines) is 2. The summed E-state index contributed by atoms with van der Waals surface area (Å²) in [5, 5.41) is 0. The largest absolute Gasteiger partial charge is 0.471 e. The first-order valence-electron chi connectivity index (χ1n) is 14.6. The number of piperidine rings is 2. The summed E-state index contributed by atoms with van der Waals surface area (Å²) in [5.74, 6) is -3.36. The Morgan fingerprint density at radius 1 is 1.10 bits per heavy atom. The van der Waals surface area contributed by atoms with E-state index in [1.54, 1.807) is 4.90 Å². The molecule has 4 aliphatic rings. The van der Waals surface area contributed by atoms with Crippen molar-refractivity contribution >= 4 is 17.8 Å². The molecule has 42 heavy (non-hydrogen) atoms. The van der Waals surface area contributed by atoms with Crippen molar-refractivity contribution in [1.29, 1.82) is 0 Å². The van der Waals surface area contributed by atoms with Crippen molar-refractivity contribution in [3.8, 4) is 0 Å². The van der Waals surface area contributed by atoms with Crippen molar-refractivity contribution in [1.82, 2.24) is 19.6 Å². The van der Waals surface area contributed by atoms with Gasteiger partial charge in [-0.15, -0.1) is 0 Å². The van der Waals surface area contributed by atoms with Crippen LogP contribution in [0, 0.1) is 23.0 Å². The predicted octanol–water partition coefficient (Wildman–Crippen LogP) is 4.35. The minimum absolute atomic E-state index is 0.0190. The van der Waals surface area contributed by atoms with Crippen LogP contribution in [0.3, 0.4) is 0 Å². The average molecular weight is 601 g/mol. The molecule has 5 rings (SSSR count). The van der Waals surface area contributed by atoms with Crippen molar-refractivity contribution in [3.05, 3.63) is 35.4 Å². The Morgan fingerprint density at radius 3 is 2.52 bits per heavy atom. The predicted molar refractivity (Wildman–Crippen MR) is 141 cm³/mol. The maximum absolute atomic E-state index is 15.0. The first-order chi connectivity index (χ1) is 19.9. The molecule has 1 spiro atoms. The Bertz CT molecular complexity index is 1190. The van der Waals surface area contributed by atoms with Crippen LogP contribution < -0.4 is 0 Å². The van der Waals surface area contributed by atoms with Gasteiger partial charge in [0.25, 0.3) is 0 Å². The molecule has 4 fully saturated rings. The first-order valence-corrected chi connectivity index (χ1v) is 14.6. The summed E-state index contributed by atoms with van der Waals surface area (Å²) < 4.78 is 74.1. The lowest BCUT2D eigenvalue weighted by atomic mass is 9.69. The second-order valence-corrected chi connectivity index (χ2v) is 12.1. The lowest BCUT2D eigenvalue weighted by Gasteiger charge is -2.50. The van der Waals surface area contributed by atoms with E-state index in [0.29, 0.717) is 44.1 Å². The SMILES string of the molecule is CN(C(=O)C(F)(F)F)[C@@H]1CCN(C(=O)N2CC[C@@H](CN3CCOCC3=O)C3(CCCC3)C2)[C@H](c2cc(F)ccc2F)C1. The molecule has 13 heteroatoms. The van der Waals surface area contributed by atoms with E-state index in [1.807, 2.05) is 4.90 Å². The number of carbonyl (C=O) groups is 3. The van der Waals surface area contributed by atoms with Crippen LogP contribution in [-0.4, -0.2) is 103 Å². The second-order valence-electron chi connectivity index (χ2n) is 12.1. The zero-order valence-corrected chi connectivity index (χ0v) is 23.7. The molecule has 3 aliphatic heterocycles. The highest BCUT2D eigenvalue weighted by Gasteiger charge is 2.49. The van der Waals surface area contributed by atoms with Gasteiger partial charge in [-0.25, -0.2) is 13.6 Å². The van der Waals surface area contributed by atoms with Crippen LogP contribution in [0.25, 0.3) is 0 Å². The average Bonchev–Trinajstić information content (AvgIpc) is 3.43. The molecule has 0 N–H and O–H groups in total. The molecule has 1 aliphatic carbocycles. The molecule has 0 aromatic heterocycles. The van der Waals surface area contributed by atoms with E-state index in [1.165, 1.54) is 4.90 Å². The standard InChI is InChI=1S/C29H37F5N4O4/c1-35(26(40)29(32,33)34)21-7-11-38(24(15-21)22-14-20(30)4-5-23(22)31)27(41)37-10-6-19(28(18-37)8-2-3-9-28)16-36-12-13-42-17-25(36)39/h4-5,14,19,21,24H,2-3,6-13,15-18H2,1H3/t19-,21+,24-/m0/s1. The van der Waals surface area contributed by atoms with Crippen LogP contribution in [0.2, 0.25) is 0 Å². The number of hydrogen-bond acceptors (Lipinski definition) is 4. The highest BCUT2D eigenvalue weighted by atomic mass is 19.4. The van der Waals surface area contributed by atoms with Crippen LogP contribution in [0.15, 0.2) is 18.2 Å². The van der Waals surface area contributed by atoms with E-state index in [-0.39, 0.29) is 54.8 Å². The van der Waals surface area contributed by atoms with Gasteiger partial charge >= 0.3 is 18.1 Å². The van der Waals surface area contributed by atoms with Gasteiger partial charge < -0.3 is 24.3 Å². The van der Waals surface area contributed by atoms with Crippen LogP contribution in [0.4, 0.5) is 26.7 Å². The number of benzene rings is 1. The van der Waals surface area contributed by atoms with Crippen LogP contribution >= 0.6 is 0 Å². The van der Waals surface area contributed by atoms with Crippen molar-refractivity contribution in [3.63, 3.8) is 0 Å². The van der Waals surface area contributed by atoms with Crippen molar-refractivity contribution in [2.45, 2.75) is 63.2 Å². The maximum atomic E-state index is 15.0. The zero-order valence-electron chi connectivity index (χ0n) is 23.7. The number of rotatable bonds is 4. The molecule has 4 amide bonds. The number of carbonyl (C=O) groups excluding carboxylic acids is 3. The molecular weight excluding hydrogens is 563 g/mol. The first kappa shape index (κ1) is 30.5. The fourth-order valence-electron chi connectivity index (χ4n) is 7.45. The topological polar surface area (TPSA) is 73.4 Å². The summed E-state index contributed by atoms with van der Waals surface area (Å²) in [5.41, 5.74) is -0.304. The second kappa shape index (κ2) is 12.0. The fraction of sp³-hybridized carbons (Fsp3) is 0.690. The number of amides is 4. The van der Waals surface area contributed by atoms with Gasteiger partial charge in [0.2, 0.25) is 5.91 Å². The number of nitrogens with zero attached hydrogens (tertiary/aromatic N) is 4. The van der Waals surface area contributed by atoms with Crippen LogP contribution in [-0.2, 0) is 14.3 Å². The summed E-state index contributed by atoms with van der Waals surface area (Å²) in [6.45, 7) is 2.56. The number of ether oxygens (including phenoxy) is 1. The van der Waals surface area contributed by atoms with Gasteiger partial charge in [-0.3, -0.25) is 9.59 Å². The molecule has 1 aromatic carbocycles. The molecule has 3 saturated heterocycles. The number of alkyl halides is 3. The number of urea groups is 1. The Labute approximate surface area is 241 Å². The minimum Gasteiger partial charge on any atom is -0.370 e. The molecule has 3 atom stereocenters. The fourth-order valence-corrected chi connectivity index (χ4v) is 7.45. The molecular formula is C29H37F5N4O4. The maximum Gasteiger partial charge on any atom is 0.471 e. The van der Waals surface area contributed by atoms with E-state index in [9.17, 15) is 31.9 Å². The molecule has 0 bridgehead atoms. The van der Waals surface area contributed by atoms with E-state index in [2.05, 4.69) is 0 Å². The third-order valence-corrected chi connectivity index (χ3v) is 9.76. The lowest BCUT2D eigenvalue weighted by molar-refractivity contribution is -0.187. The van der Waals surface area contributed by atoms with Gasteiger partial charge in [0.05, 0.1) is 12.6 Å². The van der Waals surface area contributed by atoms with Gasteiger partial charge in [-0.05, 0) is 61.6 Å². The van der Waals surface area contributed by atoms with Crippen molar-refractivity contribution in [2.24, 2.45) is 11.3 Å². The zero-order chi connectivity index (χ0) is 30.2. The van der Waals surface area contributed by atoms with E-state index in [0.717, 1.165) is 50.9 Å². The van der Waals surface area contributed by atoms with Gasteiger partial charge in [0.1, 0.15) is 18.2 Å². The van der Waals surface area contributed by atoms with Gasteiger partial charge in [0, 0.05) is 51.4 Å². The molecule has 0 unspecified atom stereocenters. The Balaban J connectivity index is 1.37. The molecule has 1 saturated carbocycles. The van der Waals surface area contributed by atoms with E-state index < -0.39 is 35.8 Å². The van der Waals surface area contributed by atoms with Gasteiger partial charge in [0.15, 0.2) is 0 Å². The van der Waals surface area contributed by atoms with E-state index in [4.69, 9.17) is 4.74 Å². The third-order valence-electron chi connectivity index (χ3n) is 9.76. The van der Waals surface area contributed by atoms with Crippen LogP contribution in [0.1, 0.15) is 56.6 Å². The van der Waals surface area contributed by atoms with Gasteiger partial charge in [-0.2, -0.15) is 13.2 Å². The molecule has 232 valence electrons. The third kappa shape index (κ3) is 6.07. The Kier molecular flexibility index (Phi) is 8.69. The lowest BCUT2D eigenvalue weighted by Crippen LogP contribution is -2.58. The smallest absolute Gasteiger partial charge is 0.370 e. The summed E-state index contributed by atoms with van der Waals surface area (Å²) in [6.07, 6.45) is -0.650.